The highest BCUT2D eigenvalue weighted by Crippen LogP contribution is 2.56. The number of rotatable bonds is 2. The van der Waals surface area contributed by atoms with E-state index in [0.717, 1.165) is 25.0 Å². The Balaban J connectivity index is 2.32. The first-order valence-electron chi connectivity index (χ1n) is 8.81. The van der Waals surface area contributed by atoms with E-state index in [-0.39, 0.29) is 17.2 Å². The summed E-state index contributed by atoms with van der Waals surface area (Å²) in [5.41, 5.74) is 5.45. The van der Waals surface area contributed by atoms with E-state index in [4.69, 9.17) is 5.73 Å². The molecule has 2 aliphatic carbocycles. The van der Waals surface area contributed by atoms with Gasteiger partial charge in [0.2, 0.25) is 0 Å². The molecule has 0 fully saturated rings. The molecular weight excluding hydrogens is 346 g/mol. The van der Waals surface area contributed by atoms with Crippen LogP contribution < -0.4 is 5.73 Å². The topological polar surface area (TPSA) is 97.4 Å². The highest BCUT2D eigenvalue weighted by Gasteiger charge is 2.54. The van der Waals surface area contributed by atoms with E-state index in [2.05, 4.69) is 13.0 Å². The first kappa shape index (κ1) is 18.6. The van der Waals surface area contributed by atoms with Crippen molar-refractivity contribution in [3.05, 3.63) is 58.3 Å². The number of nitrogens with two attached hydrogens (primary N) is 1. The number of fused-ring (bicyclic) bond motifs is 1. The molecule has 3 rings (SSSR count). The van der Waals surface area contributed by atoms with E-state index in [9.17, 15) is 24.6 Å². The Morgan fingerprint density at radius 3 is 2.44 bits per heavy atom. The smallest absolute Gasteiger partial charge is 0.191 e. The number of benzene rings is 1. The molecule has 0 aliphatic heterocycles. The molecule has 0 bridgehead atoms. The van der Waals surface area contributed by atoms with Crippen LogP contribution in [0.25, 0.3) is 0 Å². The number of halogens is 2. The largest absolute Gasteiger partial charge is 0.399 e. The van der Waals surface area contributed by atoms with Crippen molar-refractivity contribution in [1.82, 2.24) is 0 Å². The van der Waals surface area contributed by atoms with E-state index in [0.29, 0.717) is 23.5 Å². The Kier molecular flexibility index (Phi) is 4.73. The maximum Gasteiger partial charge on any atom is 0.191 e. The molecule has 0 amide bonds. The molecule has 0 spiro atoms. The summed E-state index contributed by atoms with van der Waals surface area (Å²) in [6.07, 6.45) is 4.27. The van der Waals surface area contributed by atoms with Gasteiger partial charge >= 0.3 is 0 Å². The molecule has 2 aliphatic rings. The molecule has 2 N–H and O–H groups in total. The quantitative estimate of drug-likeness (QED) is 0.850. The van der Waals surface area contributed by atoms with Crippen LogP contribution in [0.4, 0.5) is 8.78 Å². The van der Waals surface area contributed by atoms with Crippen molar-refractivity contribution in [1.29, 1.82) is 15.8 Å². The van der Waals surface area contributed by atoms with Gasteiger partial charge in [-0.05, 0) is 47.9 Å². The molecule has 0 saturated heterocycles. The number of nitrogens with zero attached hydrogens (tertiary/aromatic N) is 3. The summed E-state index contributed by atoms with van der Waals surface area (Å²) in [7, 11) is 0. The highest BCUT2D eigenvalue weighted by molar-refractivity contribution is 5.59. The van der Waals surface area contributed by atoms with Crippen LogP contribution in [0.15, 0.2) is 41.1 Å². The van der Waals surface area contributed by atoms with Gasteiger partial charge in [0.05, 0.1) is 23.4 Å². The van der Waals surface area contributed by atoms with Crippen LogP contribution in [0.1, 0.15) is 37.7 Å². The van der Waals surface area contributed by atoms with Crippen LogP contribution >= 0.6 is 0 Å². The predicted octanol–water partition coefficient (Wildman–Crippen LogP) is 4.19. The summed E-state index contributed by atoms with van der Waals surface area (Å²) in [6.45, 7) is 2.05. The lowest BCUT2D eigenvalue weighted by atomic mass is 9.55. The van der Waals surface area contributed by atoms with Crippen LogP contribution in [0.2, 0.25) is 0 Å². The van der Waals surface area contributed by atoms with Gasteiger partial charge in [-0.15, -0.1) is 0 Å². The van der Waals surface area contributed by atoms with Crippen LogP contribution in [-0.4, -0.2) is 0 Å². The molecule has 0 saturated carbocycles. The fraction of sp³-hybridized carbons (Fsp3) is 0.381. The number of nitriles is 3. The second-order valence-corrected chi connectivity index (χ2v) is 7.09. The van der Waals surface area contributed by atoms with Crippen molar-refractivity contribution in [2.24, 2.45) is 23.0 Å². The molecule has 0 aromatic heterocycles. The Morgan fingerprint density at radius 1 is 1.19 bits per heavy atom. The lowest BCUT2D eigenvalue weighted by Crippen LogP contribution is -2.43. The summed E-state index contributed by atoms with van der Waals surface area (Å²) < 4.78 is 27.4. The zero-order valence-corrected chi connectivity index (χ0v) is 14.8. The third kappa shape index (κ3) is 2.68. The summed E-state index contributed by atoms with van der Waals surface area (Å²) in [5.74, 6) is -2.84. The Hall–Kier alpha value is -3.17. The monoisotopic (exact) mass is 364 g/mol. The zero-order chi connectivity index (χ0) is 19.8. The SMILES string of the molecule is CCC1CC=C2C(C#N)=C(N)C(C#N)(C#N)C(c3ccc(F)c(F)c3)C2C1. The van der Waals surface area contributed by atoms with E-state index in [1.54, 1.807) is 0 Å². The van der Waals surface area contributed by atoms with Gasteiger partial charge in [-0.25, -0.2) is 8.78 Å². The van der Waals surface area contributed by atoms with Crippen LogP contribution in [0.5, 0.6) is 0 Å². The number of hydrogen-bond donors (Lipinski definition) is 1. The molecule has 3 unspecified atom stereocenters. The second kappa shape index (κ2) is 6.86. The molecule has 0 radical (unpaired) electrons. The Bertz CT molecular complexity index is 957. The average molecular weight is 364 g/mol. The molecular formula is C21H18F2N4. The number of hydrogen-bond acceptors (Lipinski definition) is 4. The minimum Gasteiger partial charge on any atom is -0.399 e. The minimum absolute atomic E-state index is 0.109. The van der Waals surface area contributed by atoms with Gasteiger partial charge in [-0.3, -0.25) is 0 Å². The van der Waals surface area contributed by atoms with Gasteiger partial charge in [0, 0.05) is 5.92 Å². The average Bonchev–Trinajstić information content (AvgIpc) is 2.69. The van der Waals surface area contributed by atoms with E-state index in [1.807, 2.05) is 18.2 Å². The molecule has 1 aromatic carbocycles. The normalized spacial score (nSPS) is 26.2. The molecule has 136 valence electrons. The molecule has 27 heavy (non-hydrogen) atoms. The Morgan fingerprint density at radius 2 is 1.89 bits per heavy atom. The maximum absolute atomic E-state index is 13.9. The minimum atomic E-state index is -1.81. The fourth-order valence-electron chi connectivity index (χ4n) is 4.38. The third-order valence-corrected chi connectivity index (χ3v) is 5.85. The van der Waals surface area contributed by atoms with E-state index >= 15 is 0 Å². The molecule has 6 heteroatoms. The summed E-state index contributed by atoms with van der Waals surface area (Å²) in [6, 6.07) is 9.45. The van der Waals surface area contributed by atoms with Gasteiger partial charge in [0.15, 0.2) is 17.0 Å². The van der Waals surface area contributed by atoms with Gasteiger partial charge in [-0.1, -0.05) is 25.5 Å². The maximum atomic E-state index is 13.9. The van der Waals surface area contributed by atoms with Crippen molar-refractivity contribution < 1.29 is 8.78 Å². The Labute approximate surface area is 156 Å². The van der Waals surface area contributed by atoms with Gasteiger partial charge in [-0.2, -0.15) is 15.8 Å². The summed E-state index contributed by atoms with van der Waals surface area (Å²) >= 11 is 0. The highest BCUT2D eigenvalue weighted by atomic mass is 19.2. The third-order valence-electron chi connectivity index (χ3n) is 5.85. The lowest BCUT2D eigenvalue weighted by molar-refractivity contribution is 0.270. The molecule has 1 aromatic rings. The standard InChI is InChI=1S/C21H18F2N4/c1-2-12-3-5-14-15(7-12)19(13-4-6-17(22)18(23)8-13)21(10-25,11-26)20(27)16(14)9-24/h4-6,8,12,15,19H,2-3,7,27H2,1H3. The van der Waals surface area contributed by atoms with E-state index in [1.165, 1.54) is 6.07 Å². The molecule has 4 nitrogen and oxygen atoms in total. The zero-order valence-electron chi connectivity index (χ0n) is 14.8. The first-order valence-corrected chi connectivity index (χ1v) is 8.81. The van der Waals surface area contributed by atoms with Gasteiger partial charge < -0.3 is 5.73 Å². The first-order chi connectivity index (χ1) is 12.9. The van der Waals surface area contributed by atoms with Crippen molar-refractivity contribution in [3.63, 3.8) is 0 Å². The predicted molar refractivity (Wildman–Crippen MR) is 94.2 cm³/mol. The lowest BCUT2D eigenvalue weighted by Gasteiger charge is -2.44. The van der Waals surface area contributed by atoms with Gasteiger partial charge in [0.1, 0.15) is 6.07 Å². The van der Waals surface area contributed by atoms with E-state index < -0.39 is 23.0 Å². The van der Waals surface area contributed by atoms with Crippen molar-refractivity contribution >= 4 is 0 Å². The molecule has 0 heterocycles. The van der Waals surface area contributed by atoms with Crippen molar-refractivity contribution in [3.8, 4) is 18.2 Å². The van der Waals surface area contributed by atoms with Gasteiger partial charge in [0.25, 0.3) is 0 Å². The van der Waals surface area contributed by atoms with Crippen LogP contribution in [0, 0.1) is 62.9 Å². The number of allylic oxidation sites excluding steroid dienone is 4. The van der Waals surface area contributed by atoms with Crippen LogP contribution in [-0.2, 0) is 0 Å². The second-order valence-electron chi connectivity index (χ2n) is 7.09. The van der Waals surface area contributed by atoms with Crippen LogP contribution in [0.3, 0.4) is 0 Å². The molecule has 3 atom stereocenters. The summed E-state index contributed by atoms with van der Waals surface area (Å²) in [5, 5.41) is 29.4. The fourth-order valence-corrected chi connectivity index (χ4v) is 4.38. The summed E-state index contributed by atoms with van der Waals surface area (Å²) in [4.78, 5) is 0. The van der Waals surface area contributed by atoms with Crippen molar-refractivity contribution in [2.45, 2.75) is 32.1 Å². The van der Waals surface area contributed by atoms with Crippen molar-refractivity contribution in [2.75, 3.05) is 0 Å².